The van der Waals surface area contributed by atoms with Crippen LogP contribution in [0.5, 0.6) is 0 Å². The van der Waals surface area contributed by atoms with Gasteiger partial charge in [-0.05, 0) is 58.5 Å². The third kappa shape index (κ3) is 7.34. The normalized spacial score (nSPS) is 18.1. The van der Waals surface area contributed by atoms with Gasteiger partial charge in [-0.15, -0.1) is 0 Å². The highest BCUT2D eigenvalue weighted by Gasteiger charge is 2.16. The first-order valence-corrected chi connectivity index (χ1v) is 6.62. The summed E-state index contributed by atoms with van der Waals surface area (Å²) >= 11 is 0. The number of nitrogens with two attached hydrogens (primary N) is 1. The van der Waals surface area contributed by atoms with E-state index in [-0.39, 0.29) is 11.5 Å². The number of hydrogen-bond acceptors (Lipinski definition) is 4. The molecule has 0 saturated carbocycles. The van der Waals surface area contributed by atoms with E-state index in [9.17, 15) is 4.79 Å². The van der Waals surface area contributed by atoms with Gasteiger partial charge in [0.25, 0.3) is 0 Å². The molecule has 0 atom stereocenters. The summed E-state index contributed by atoms with van der Waals surface area (Å²) in [6, 6.07) is 0. The molecule has 0 aromatic heterocycles. The molecule has 1 heterocycles. The van der Waals surface area contributed by atoms with Crippen LogP contribution in [0.3, 0.4) is 0 Å². The van der Waals surface area contributed by atoms with Gasteiger partial charge in [-0.3, -0.25) is 4.79 Å². The second-order valence-electron chi connectivity index (χ2n) is 5.69. The molecule has 0 aromatic rings. The van der Waals surface area contributed by atoms with Crippen LogP contribution in [0, 0.1) is 5.92 Å². The number of rotatable bonds is 6. The quantitative estimate of drug-likeness (QED) is 0.692. The molecule has 1 fully saturated rings. The van der Waals surface area contributed by atoms with Gasteiger partial charge in [-0.25, -0.2) is 0 Å². The number of ether oxygens (including phenoxy) is 1. The Bertz CT molecular complexity index is 230. The van der Waals surface area contributed by atoms with Gasteiger partial charge in [0.15, 0.2) is 0 Å². The highest BCUT2D eigenvalue weighted by molar-refractivity contribution is 5.69. The topological polar surface area (TPSA) is 64.4 Å². The standard InChI is InChI=1S/C13H26N2O2/c1-13(2,14)7-3-12(16)17-10-6-11-4-8-15-9-5-11/h11,15H,3-10,14H2,1-2H3. The van der Waals surface area contributed by atoms with Crippen LogP contribution in [0.15, 0.2) is 0 Å². The van der Waals surface area contributed by atoms with Gasteiger partial charge in [0.05, 0.1) is 6.61 Å². The summed E-state index contributed by atoms with van der Waals surface area (Å²) in [6.07, 6.45) is 4.51. The SMILES string of the molecule is CC(C)(N)CCC(=O)OCCC1CCNCC1. The van der Waals surface area contributed by atoms with Crippen molar-refractivity contribution in [3.63, 3.8) is 0 Å². The molecule has 1 rings (SSSR count). The molecule has 0 bridgehead atoms. The van der Waals surface area contributed by atoms with Crippen LogP contribution < -0.4 is 11.1 Å². The Kier molecular flexibility index (Phi) is 5.92. The maximum atomic E-state index is 11.4. The van der Waals surface area contributed by atoms with Crippen LogP contribution >= 0.6 is 0 Å². The van der Waals surface area contributed by atoms with E-state index >= 15 is 0 Å². The number of nitrogens with one attached hydrogen (secondary N) is 1. The van der Waals surface area contributed by atoms with Crippen molar-refractivity contribution in [2.75, 3.05) is 19.7 Å². The summed E-state index contributed by atoms with van der Waals surface area (Å²) in [4.78, 5) is 11.4. The molecule has 4 nitrogen and oxygen atoms in total. The second kappa shape index (κ2) is 6.97. The highest BCUT2D eigenvalue weighted by atomic mass is 16.5. The third-order valence-corrected chi connectivity index (χ3v) is 3.22. The smallest absolute Gasteiger partial charge is 0.305 e. The predicted molar refractivity (Wildman–Crippen MR) is 68.7 cm³/mol. The van der Waals surface area contributed by atoms with Crippen LogP contribution in [0.2, 0.25) is 0 Å². The largest absolute Gasteiger partial charge is 0.466 e. The zero-order valence-corrected chi connectivity index (χ0v) is 11.1. The van der Waals surface area contributed by atoms with Crippen LogP contribution in [0.1, 0.15) is 46.0 Å². The average Bonchev–Trinajstić information content (AvgIpc) is 2.27. The van der Waals surface area contributed by atoms with Crippen molar-refractivity contribution in [1.29, 1.82) is 0 Å². The Labute approximate surface area is 104 Å². The number of esters is 1. The van der Waals surface area contributed by atoms with Gasteiger partial charge in [0.1, 0.15) is 0 Å². The molecule has 1 aliphatic rings. The summed E-state index contributed by atoms with van der Waals surface area (Å²) < 4.78 is 5.23. The van der Waals surface area contributed by atoms with E-state index in [1.807, 2.05) is 13.8 Å². The predicted octanol–water partition coefficient (Wildman–Crippen LogP) is 1.44. The fraction of sp³-hybridized carbons (Fsp3) is 0.923. The van der Waals surface area contributed by atoms with E-state index in [1.165, 1.54) is 12.8 Å². The minimum atomic E-state index is -0.284. The van der Waals surface area contributed by atoms with Crippen LogP contribution in [-0.2, 0) is 9.53 Å². The van der Waals surface area contributed by atoms with Crippen molar-refractivity contribution in [1.82, 2.24) is 5.32 Å². The first kappa shape index (κ1) is 14.5. The van der Waals surface area contributed by atoms with E-state index in [0.717, 1.165) is 25.4 Å². The lowest BCUT2D eigenvalue weighted by Gasteiger charge is -2.22. The van der Waals surface area contributed by atoms with Crippen molar-refractivity contribution in [3.05, 3.63) is 0 Å². The van der Waals surface area contributed by atoms with Gasteiger partial charge >= 0.3 is 5.97 Å². The van der Waals surface area contributed by atoms with E-state index in [1.54, 1.807) is 0 Å². The molecular weight excluding hydrogens is 216 g/mol. The van der Waals surface area contributed by atoms with Crippen molar-refractivity contribution in [2.24, 2.45) is 11.7 Å². The fourth-order valence-electron chi connectivity index (χ4n) is 2.01. The molecule has 0 aromatic carbocycles. The summed E-state index contributed by atoms with van der Waals surface area (Å²) in [5.41, 5.74) is 5.53. The molecule has 3 N–H and O–H groups in total. The summed E-state index contributed by atoms with van der Waals surface area (Å²) in [6.45, 7) is 6.61. The Balaban J connectivity index is 2.03. The van der Waals surface area contributed by atoms with Crippen molar-refractivity contribution in [3.8, 4) is 0 Å². The zero-order valence-electron chi connectivity index (χ0n) is 11.1. The van der Waals surface area contributed by atoms with Gasteiger partial charge < -0.3 is 15.8 Å². The number of carbonyl (C=O) groups is 1. The Morgan fingerprint density at radius 3 is 2.65 bits per heavy atom. The van der Waals surface area contributed by atoms with E-state index in [0.29, 0.717) is 19.4 Å². The van der Waals surface area contributed by atoms with Crippen LogP contribution in [0.25, 0.3) is 0 Å². The molecule has 1 saturated heterocycles. The lowest BCUT2D eigenvalue weighted by Crippen LogP contribution is -2.32. The zero-order chi connectivity index (χ0) is 12.7. The van der Waals surface area contributed by atoms with Gasteiger partial charge in [0, 0.05) is 12.0 Å². The summed E-state index contributed by atoms with van der Waals surface area (Å²) in [7, 11) is 0. The van der Waals surface area contributed by atoms with Gasteiger partial charge in [0.2, 0.25) is 0 Å². The average molecular weight is 242 g/mol. The number of carbonyl (C=O) groups excluding carboxylic acids is 1. The number of hydrogen-bond donors (Lipinski definition) is 2. The molecule has 17 heavy (non-hydrogen) atoms. The van der Waals surface area contributed by atoms with Crippen molar-refractivity contribution < 1.29 is 9.53 Å². The maximum Gasteiger partial charge on any atom is 0.305 e. The molecule has 100 valence electrons. The van der Waals surface area contributed by atoms with Gasteiger partial charge in [-0.2, -0.15) is 0 Å². The molecule has 0 amide bonds. The summed E-state index contributed by atoms with van der Waals surface area (Å²) in [5.74, 6) is 0.604. The van der Waals surface area contributed by atoms with E-state index < -0.39 is 0 Å². The second-order valence-corrected chi connectivity index (χ2v) is 5.69. The van der Waals surface area contributed by atoms with Crippen LogP contribution in [-0.4, -0.2) is 31.2 Å². The van der Waals surface area contributed by atoms with Crippen molar-refractivity contribution >= 4 is 5.97 Å². The molecule has 4 heteroatoms. The van der Waals surface area contributed by atoms with Gasteiger partial charge in [-0.1, -0.05) is 0 Å². The third-order valence-electron chi connectivity index (χ3n) is 3.22. The lowest BCUT2D eigenvalue weighted by atomic mass is 9.95. The molecule has 0 unspecified atom stereocenters. The first-order valence-electron chi connectivity index (χ1n) is 6.62. The minimum absolute atomic E-state index is 0.113. The van der Waals surface area contributed by atoms with E-state index in [2.05, 4.69) is 5.32 Å². The van der Waals surface area contributed by atoms with Crippen molar-refractivity contribution in [2.45, 2.75) is 51.5 Å². The highest BCUT2D eigenvalue weighted by Crippen LogP contribution is 2.16. The molecule has 1 aliphatic heterocycles. The summed E-state index contributed by atoms with van der Waals surface area (Å²) in [5, 5.41) is 3.33. The molecule has 0 aliphatic carbocycles. The Morgan fingerprint density at radius 2 is 2.06 bits per heavy atom. The number of piperidine rings is 1. The maximum absolute atomic E-state index is 11.4. The fourth-order valence-corrected chi connectivity index (χ4v) is 2.01. The lowest BCUT2D eigenvalue weighted by molar-refractivity contribution is -0.144. The first-order chi connectivity index (χ1) is 7.97. The minimum Gasteiger partial charge on any atom is -0.466 e. The Hall–Kier alpha value is -0.610. The van der Waals surface area contributed by atoms with E-state index in [4.69, 9.17) is 10.5 Å². The van der Waals surface area contributed by atoms with Crippen LogP contribution in [0.4, 0.5) is 0 Å². The molecule has 0 radical (unpaired) electrons. The Morgan fingerprint density at radius 1 is 1.41 bits per heavy atom. The molecule has 0 spiro atoms. The molecular formula is C13H26N2O2. The monoisotopic (exact) mass is 242 g/mol.